The molecule has 1 rings (SSSR count). The Morgan fingerprint density at radius 1 is 1.42 bits per heavy atom. The summed E-state index contributed by atoms with van der Waals surface area (Å²) in [5.74, 6) is -0.525. The van der Waals surface area contributed by atoms with Crippen molar-refractivity contribution in [2.24, 2.45) is 0 Å². The van der Waals surface area contributed by atoms with Gasteiger partial charge in [0, 0.05) is 12.9 Å². The zero-order valence-electron chi connectivity index (χ0n) is 6.02. The number of thiol groups is 1. The molecule has 0 aliphatic carbocycles. The molecule has 1 aromatic carbocycles. The molecule has 0 N–H and O–H groups in total. The van der Waals surface area contributed by atoms with Crippen LogP contribution in [0.5, 0.6) is 0 Å². The first-order valence-electron chi connectivity index (χ1n) is 3.14. The van der Waals surface area contributed by atoms with Crippen LogP contribution in [-0.4, -0.2) is 5.97 Å². The molecule has 0 aromatic heterocycles. The highest BCUT2D eigenvalue weighted by Gasteiger charge is 2.03. The molecule has 0 amide bonds. The minimum Gasteiger partial charge on any atom is -0.391 e. The Bertz CT molecular complexity index is 326. The van der Waals surface area contributed by atoms with Crippen LogP contribution < -0.4 is 0 Å². The summed E-state index contributed by atoms with van der Waals surface area (Å²) in [6.45, 7) is 0. The van der Waals surface area contributed by atoms with E-state index in [-0.39, 0.29) is 0 Å². The lowest BCUT2D eigenvalue weighted by molar-refractivity contribution is 0.0772. The Morgan fingerprint density at radius 2 is 2.00 bits per heavy atom. The first-order chi connectivity index (χ1) is 5.77. The summed E-state index contributed by atoms with van der Waals surface area (Å²) in [6, 6.07) is 8.05. The van der Waals surface area contributed by atoms with Gasteiger partial charge in [0.25, 0.3) is 0 Å². The van der Waals surface area contributed by atoms with Gasteiger partial charge in [0.15, 0.2) is 0 Å². The van der Waals surface area contributed by atoms with Gasteiger partial charge < -0.3 is 4.18 Å². The van der Waals surface area contributed by atoms with E-state index in [0.717, 1.165) is 0 Å². The van der Waals surface area contributed by atoms with Crippen molar-refractivity contribution in [2.45, 2.75) is 0 Å². The molecule has 0 unspecified atom stereocenters. The van der Waals surface area contributed by atoms with E-state index >= 15 is 0 Å². The molecule has 0 heterocycles. The number of nitrogens with zero attached hydrogens (tertiary/aromatic N) is 1. The van der Waals surface area contributed by atoms with Crippen molar-refractivity contribution in [3.05, 3.63) is 35.4 Å². The number of nitriles is 1. The van der Waals surface area contributed by atoms with E-state index < -0.39 is 5.97 Å². The topological polar surface area (TPSA) is 50.1 Å². The molecule has 0 fully saturated rings. The Balaban J connectivity index is 2.94. The lowest BCUT2D eigenvalue weighted by Gasteiger charge is -1.95. The second-order valence-electron chi connectivity index (χ2n) is 2.07. The van der Waals surface area contributed by atoms with Gasteiger partial charge in [-0.3, -0.25) is 0 Å². The number of rotatable bonds is 1. The second-order valence-corrected chi connectivity index (χ2v) is 2.25. The Kier molecular flexibility index (Phi) is 2.72. The maximum absolute atomic E-state index is 10.8. The summed E-state index contributed by atoms with van der Waals surface area (Å²) in [5.41, 5.74) is 0.884. The van der Waals surface area contributed by atoms with Crippen molar-refractivity contribution in [2.75, 3.05) is 0 Å². The molecule has 3 nitrogen and oxygen atoms in total. The fourth-order valence-corrected chi connectivity index (χ4v) is 0.839. The number of carbonyl (C=O) groups excluding carboxylic acids is 1. The third kappa shape index (κ3) is 1.77. The van der Waals surface area contributed by atoms with Gasteiger partial charge in [-0.05, 0) is 24.3 Å². The van der Waals surface area contributed by atoms with E-state index in [2.05, 4.69) is 17.1 Å². The van der Waals surface area contributed by atoms with Crippen LogP contribution in [0.3, 0.4) is 0 Å². The molecule has 0 saturated heterocycles. The van der Waals surface area contributed by atoms with Gasteiger partial charge in [0.05, 0.1) is 17.2 Å². The molecule has 0 spiro atoms. The van der Waals surface area contributed by atoms with E-state index in [1.54, 1.807) is 12.1 Å². The highest BCUT2D eigenvalue weighted by molar-refractivity contribution is 7.75. The minimum absolute atomic E-state index is 0.379. The molecule has 4 heteroatoms. The lowest BCUT2D eigenvalue weighted by atomic mass is 10.1. The van der Waals surface area contributed by atoms with Crippen molar-refractivity contribution >= 4 is 18.9 Å². The third-order valence-electron chi connectivity index (χ3n) is 1.33. The van der Waals surface area contributed by atoms with Gasteiger partial charge >= 0.3 is 5.97 Å². The highest BCUT2D eigenvalue weighted by Crippen LogP contribution is 2.05. The zero-order valence-corrected chi connectivity index (χ0v) is 6.91. The molecular formula is C8H5NO2S. The maximum Gasteiger partial charge on any atom is 0.349 e. The van der Waals surface area contributed by atoms with Crippen molar-refractivity contribution in [3.63, 3.8) is 0 Å². The normalized spacial score (nSPS) is 8.67. The molecule has 0 radical (unpaired) electrons. The molecule has 1 aromatic rings. The van der Waals surface area contributed by atoms with Gasteiger partial charge in [-0.15, -0.1) is 0 Å². The van der Waals surface area contributed by atoms with Crippen molar-refractivity contribution in [1.29, 1.82) is 5.26 Å². The van der Waals surface area contributed by atoms with Crippen LogP contribution in [-0.2, 0) is 4.18 Å². The predicted molar refractivity (Wildman–Crippen MR) is 45.6 cm³/mol. The third-order valence-corrected chi connectivity index (χ3v) is 1.50. The van der Waals surface area contributed by atoms with Gasteiger partial charge in [0.2, 0.25) is 0 Å². The number of hydrogen-bond donors (Lipinski definition) is 1. The number of hydrogen-bond acceptors (Lipinski definition) is 4. The van der Waals surface area contributed by atoms with Crippen LogP contribution >= 0.6 is 12.9 Å². The van der Waals surface area contributed by atoms with Crippen LogP contribution in [0.25, 0.3) is 0 Å². The zero-order chi connectivity index (χ0) is 8.97. The minimum atomic E-state index is -0.525. The van der Waals surface area contributed by atoms with E-state index in [1.165, 1.54) is 12.1 Å². The molecule has 0 saturated carbocycles. The van der Waals surface area contributed by atoms with E-state index in [4.69, 9.17) is 5.26 Å². The Labute approximate surface area is 75.2 Å². The quantitative estimate of drug-likeness (QED) is 0.525. The average molecular weight is 179 g/mol. The van der Waals surface area contributed by atoms with Crippen molar-refractivity contribution in [3.8, 4) is 6.07 Å². The van der Waals surface area contributed by atoms with Crippen molar-refractivity contribution < 1.29 is 8.98 Å². The summed E-state index contributed by atoms with van der Waals surface area (Å²) < 4.78 is 4.18. The molecule has 0 aliphatic heterocycles. The molecule has 12 heavy (non-hydrogen) atoms. The maximum atomic E-state index is 10.8. The summed E-state index contributed by atoms with van der Waals surface area (Å²) in [4.78, 5) is 10.8. The predicted octanol–water partition coefficient (Wildman–Crippen LogP) is 1.56. The number of benzene rings is 1. The summed E-state index contributed by atoms with van der Waals surface area (Å²) >= 11 is 3.36. The van der Waals surface area contributed by atoms with Gasteiger partial charge in [-0.25, -0.2) is 4.79 Å². The summed E-state index contributed by atoms with van der Waals surface area (Å²) in [7, 11) is 0. The van der Waals surface area contributed by atoms with Gasteiger partial charge in [-0.2, -0.15) is 5.26 Å². The summed E-state index contributed by atoms with van der Waals surface area (Å²) in [6.07, 6.45) is 0. The fraction of sp³-hybridized carbons (Fsp3) is 0. The van der Waals surface area contributed by atoms with Crippen LogP contribution in [0, 0.1) is 11.3 Å². The van der Waals surface area contributed by atoms with Crippen LogP contribution in [0.1, 0.15) is 15.9 Å². The molecule has 60 valence electrons. The molecular weight excluding hydrogens is 174 g/mol. The standard InChI is InChI=1S/C8H5NO2S/c9-5-6-1-3-7(4-2-6)8(10)11-12/h1-4,12H. The molecule has 0 bridgehead atoms. The molecule has 0 atom stereocenters. The smallest absolute Gasteiger partial charge is 0.349 e. The van der Waals surface area contributed by atoms with E-state index in [0.29, 0.717) is 11.1 Å². The first kappa shape index (κ1) is 8.62. The number of carbonyl (C=O) groups is 1. The highest BCUT2D eigenvalue weighted by atomic mass is 32.1. The van der Waals surface area contributed by atoms with Crippen LogP contribution in [0.4, 0.5) is 0 Å². The molecule has 0 aliphatic rings. The van der Waals surface area contributed by atoms with Crippen LogP contribution in [0.15, 0.2) is 24.3 Å². The average Bonchev–Trinajstić information content (AvgIpc) is 2.17. The SMILES string of the molecule is N#Cc1ccc(C(=O)OS)cc1. The first-order valence-corrected chi connectivity index (χ1v) is 3.50. The monoisotopic (exact) mass is 179 g/mol. The summed E-state index contributed by atoms with van der Waals surface area (Å²) in [5, 5.41) is 8.44. The second kappa shape index (κ2) is 3.79. The Morgan fingerprint density at radius 3 is 2.42 bits per heavy atom. The largest absolute Gasteiger partial charge is 0.391 e. The van der Waals surface area contributed by atoms with Gasteiger partial charge in [0.1, 0.15) is 0 Å². The fourth-order valence-electron chi connectivity index (χ4n) is 0.734. The lowest BCUT2D eigenvalue weighted by Crippen LogP contribution is -1.97. The van der Waals surface area contributed by atoms with Crippen molar-refractivity contribution in [1.82, 2.24) is 0 Å². The Hall–Kier alpha value is -1.47. The van der Waals surface area contributed by atoms with E-state index in [1.807, 2.05) is 6.07 Å². The van der Waals surface area contributed by atoms with Gasteiger partial charge in [-0.1, -0.05) is 0 Å². The van der Waals surface area contributed by atoms with Crippen LogP contribution in [0.2, 0.25) is 0 Å². The van der Waals surface area contributed by atoms with E-state index in [9.17, 15) is 4.79 Å².